The molecule has 1 fully saturated rings. The standard InChI is InChI=1S/C10H16N2O4.C4H6F2/c1-3-6(8(11)13)12-4-5(2)7(9(12)14)10(15)16;1-2-3-4(5)6/h5-7H,3-4H2,1-2H3,(H2,11,13)(H,15,16);3H,2H2,1H3/t5?,6-,7?;/m0./s1. The minimum absolute atomic E-state index is 0.275. The van der Waals surface area contributed by atoms with E-state index in [0.717, 1.165) is 6.08 Å². The van der Waals surface area contributed by atoms with Crippen LogP contribution in [0.3, 0.4) is 0 Å². The number of nitrogens with two attached hydrogens (primary N) is 1. The molecule has 3 N–H and O–H groups in total. The highest BCUT2D eigenvalue weighted by molar-refractivity contribution is 6.00. The molecule has 0 saturated carbocycles. The van der Waals surface area contributed by atoms with Gasteiger partial charge in [-0.3, -0.25) is 14.4 Å². The van der Waals surface area contributed by atoms with E-state index in [1.54, 1.807) is 20.8 Å². The van der Waals surface area contributed by atoms with Crippen LogP contribution in [-0.2, 0) is 14.4 Å². The molecule has 1 rings (SSSR count). The first kappa shape index (κ1) is 20.0. The summed E-state index contributed by atoms with van der Waals surface area (Å²) in [5.74, 6) is -3.58. The van der Waals surface area contributed by atoms with Crippen molar-refractivity contribution >= 4 is 17.8 Å². The largest absolute Gasteiger partial charge is 0.481 e. The third-order valence-electron chi connectivity index (χ3n) is 3.32. The van der Waals surface area contributed by atoms with Gasteiger partial charge in [0.25, 0.3) is 6.08 Å². The number of nitrogens with zero attached hydrogens (tertiary/aromatic N) is 1. The summed E-state index contributed by atoms with van der Waals surface area (Å²) in [4.78, 5) is 35.1. The lowest BCUT2D eigenvalue weighted by Crippen LogP contribution is -2.46. The lowest BCUT2D eigenvalue weighted by atomic mass is 9.98. The summed E-state index contributed by atoms with van der Waals surface area (Å²) >= 11 is 0. The van der Waals surface area contributed by atoms with Gasteiger partial charge in [0.2, 0.25) is 11.8 Å². The van der Waals surface area contributed by atoms with Crippen molar-refractivity contribution in [1.29, 1.82) is 0 Å². The van der Waals surface area contributed by atoms with Crippen molar-refractivity contribution in [1.82, 2.24) is 4.90 Å². The molecule has 22 heavy (non-hydrogen) atoms. The Morgan fingerprint density at radius 2 is 2.00 bits per heavy atom. The molecule has 0 radical (unpaired) electrons. The van der Waals surface area contributed by atoms with Gasteiger partial charge >= 0.3 is 5.97 Å². The smallest absolute Gasteiger partial charge is 0.316 e. The lowest BCUT2D eigenvalue weighted by Gasteiger charge is -2.24. The number of allylic oxidation sites excluding steroid dienone is 1. The van der Waals surface area contributed by atoms with Gasteiger partial charge in [0.15, 0.2) is 0 Å². The van der Waals surface area contributed by atoms with Gasteiger partial charge in [0.05, 0.1) is 0 Å². The van der Waals surface area contributed by atoms with Gasteiger partial charge in [-0.1, -0.05) is 20.8 Å². The summed E-state index contributed by atoms with van der Waals surface area (Å²) in [5, 5.41) is 8.90. The van der Waals surface area contributed by atoms with Gasteiger partial charge in [0, 0.05) is 6.54 Å². The number of rotatable bonds is 5. The Labute approximate surface area is 128 Å². The minimum Gasteiger partial charge on any atom is -0.481 e. The van der Waals surface area contributed by atoms with Crippen LogP contribution in [0, 0.1) is 11.8 Å². The molecule has 0 bridgehead atoms. The number of hydrogen-bond donors (Lipinski definition) is 2. The number of carbonyl (C=O) groups is 3. The molecule has 0 aromatic carbocycles. The first-order chi connectivity index (χ1) is 10.2. The highest BCUT2D eigenvalue weighted by atomic mass is 19.3. The number of carboxylic acid groups (broad SMARTS) is 1. The first-order valence-corrected chi connectivity index (χ1v) is 7.00. The van der Waals surface area contributed by atoms with E-state index in [2.05, 4.69) is 0 Å². The molecule has 126 valence electrons. The highest BCUT2D eigenvalue weighted by Crippen LogP contribution is 2.27. The SMILES string of the molecule is CCC=C(F)F.CC[C@@H](C(N)=O)N1CC(C)C(C(=O)O)C1=O. The van der Waals surface area contributed by atoms with Crippen molar-refractivity contribution in [2.45, 2.75) is 39.7 Å². The lowest BCUT2D eigenvalue weighted by molar-refractivity contribution is -0.150. The first-order valence-electron chi connectivity index (χ1n) is 7.00. The second kappa shape index (κ2) is 9.11. The molecule has 3 atom stereocenters. The van der Waals surface area contributed by atoms with Crippen molar-refractivity contribution in [2.24, 2.45) is 17.6 Å². The maximum Gasteiger partial charge on any atom is 0.316 e. The molecule has 0 aliphatic carbocycles. The molecular weight excluding hydrogens is 298 g/mol. The summed E-state index contributed by atoms with van der Waals surface area (Å²) in [6, 6.07) is -0.695. The average Bonchev–Trinajstić information content (AvgIpc) is 2.66. The van der Waals surface area contributed by atoms with Gasteiger partial charge in [0.1, 0.15) is 12.0 Å². The van der Waals surface area contributed by atoms with Crippen LogP contribution in [0.4, 0.5) is 8.78 Å². The fraction of sp³-hybridized carbons (Fsp3) is 0.643. The summed E-state index contributed by atoms with van der Waals surface area (Å²) in [5.41, 5.74) is 5.18. The van der Waals surface area contributed by atoms with E-state index in [9.17, 15) is 23.2 Å². The quantitative estimate of drug-likeness (QED) is 0.751. The fourth-order valence-electron chi connectivity index (χ4n) is 2.29. The van der Waals surface area contributed by atoms with Gasteiger partial charge < -0.3 is 15.7 Å². The van der Waals surface area contributed by atoms with E-state index in [0.29, 0.717) is 12.8 Å². The van der Waals surface area contributed by atoms with Crippen molar-refractivity contribution in [3.05, 3.63) is 12.2 Å². The third-order valence-corrected chi connectivity index (χ3v) is 3.32. The van der Waals surface area contributed by atoms with E-state index >= 15 is 0 Å². The Bertz CT molecular complexity index is 450. The molecule has 0 spiro atoms. The van der Waals surface area contributed by atoms with Crippen LogP contribution in [0.2, 0.25) is 0 Å². The Morgan fingerprint density at radius 3 is 2.23 bits per heavy atom. The van der Waals surface area contributed by atoms with Crippen LogP contribution >= 0.6 is 0 Å². The molecule has 1 heterocycles. The number of halogens is 2. The molecule has 1 aliphatic rings. The van der Waals surface area contributed by atoms with E-state index < -0.39 is 35.8 Å². The monoisotopic (exact) mass is 320 g/mol. The van der Waals surface area contributed by atoms with E-state index in [1.807, 2.05) is 0 Å². The molecule has 6 nitrogen and oxygen atoms in total. The summed E-state index contributed by atoms with van der Waals surface area (Å²) in [6.07, 6.45) is 0.111. The number of carbonyl (C=O) groups excluding carboxylic acids is 2. The number of primary amides is 1. The van der Waals surface area contributed by atoms with Crippen LogP contribution in [0.5, 0.6) is 0 Å². The summed E-state index contributed by atoms with van der Waals surface area (Å²) < 4.78 is 21.8. The third kappa shape index (κ3) is 5.42. The van der Waals surface area contributed by atoms with Gasteiger partial charge in [-0.05, 0) is 24.8 Å². The van der Waals surface area contributed by atoms with E-state index in [1.165, 1.54) is 4.90 Å². The molecule has 2 amide bonds. The molecular formula is C14H22F2N2O4. The van der Waals surface area contributed by atoms with Crippen molar-refractivity contribution in [3.8, 4) is 0 Å². The highest BCUT2D eigenvalue weighted by Gasteiger charge is 2.45. The normalized spacial score (nSPS) is 21.7. The molecule has 0 aromatic heterocycles. The second-order valence-corrected chi connectivity index (χ2v) is 5.01. The maximum absolute atomic E-state index is 11.8. The number of amides is 2. The van der Waals surface area contributed by atoms with Crippen LogP contribution in [0.25, 0.3) is 0 Å². The second-order valence-electron chi connectivity index (χ2n) is 5.01. The number of hydrogen-bond acceptors (Lipinski definition) is 3. The number of carboxylic acids is 1. The zero-order valence-electron chi connectivity index (χ0n) is 12.9. The predicted octanol–water partition coefficient (Wildman–Crippen LogP) is 1.61. The van der Waals surface area contributed by atoms with Crippen LogP contribution in [-0.4, -0.2) is 40.4 Å². The van der Waals surface area contributed by atoms with Gasteiger partial charge in [-0.25, -0.2) is 0 Å². The van der Waals surface area contributed by atoms with Crippen molar-refractivity contribution in [3.63, 3.8) is 0 Å². The molecule has 1 saturated heterocycles. The zero-order valence-corrected chi connectivity index (χ0v) is 12.9. The summed E-state index contributed by atoms with van der Waals surface area (Å²) in [6.45, 7) is 5.36. The molecule has 2 unspecified atom stereocenters. The maximum atomic E-state index is 11.8. The average molecular weight is 320 g/mol. The topological polar surface area (TPSA) is 101 Å². The summed E-state index contributed by atoms with van der Waals surface area (Å²) in [7, 11) is 0. The molecule has 1 aliphatic heterocycles. The van der Waals surface area contributed by atoms with Crippen molar-refractivity contribution < 1.29 is 28.3 Å². The zero-order chi connectivity index (χ0) is 17.4. The van der Waals surface area contributed by atoms with Crippen LogP contribution in [0.1, 0.15) is 33.6 Å². The van der Waals surface area contributed by atoms with E-state index in [-0.39, 0.29) is 12.5 Å². The van der Waals surface area contributed by atoms with Gasteiger partial charge in [-0.15, -0.1) is 0 Å². The Hall–Kier alpha value is -1.99. The van der Waals surface area contributed by atoms with Gasteiger partial charge in [-0.2, -0.15) is 8.78 Å². The number of aliphatic carboxylic acids is 1. The van der Waals surface area contributed by atoms with E-state index in [4.69, 9.17) is 10.8 Å². The molecule has 8 heteroatoms. The predicted molar refractivity (Wildman–Crippen MR) is 75.9 cm³/mol. The Kier molecular flexibility index (Phi) is 8.29. The number of likely N-dealkylation sites (tertiary alicyclic amines) is 1. The Balaban J connectivity index is 0.000000626. The van der Waals surface area contributed by atoms with Crippen LogP contribution in [0.15, 0.2) is 12.2 Å². The van der Waals surface area contributed by atoms with Crippen molar-refractivity contribution in [2.75, 3.05) is 6.54 Å². The van der Waals surface area contributed by atoms with Crippen LogP contribution < -0.4 is 5.73 Å². The molecule has 0 aromatic rings. The Morgan fingerprint density at radius 1 is 1.45 bits per heavy atom. The fourth-order valence-corrected chi connectivity index (χ4v) is 2.29. The minimum atomic E-state index is -1.59.